The Morgan fingerprint density at radius 1 is 1.19 bits per heavy atom. The lowest BCUT2D eigenvalue weighted by atomic mass is 10.2. The second-order valence-electron chi connectivity index (χ2n) is 5.68. The second-order valence-corrected chi connectivity index (χ2v) is 7.58. The Morgan fingerprint density at radius 2 is 1.92 bits per heavy atom. The van der Waals surface area contributed by atoms with Crippen molar-refractivity contribution in [3.63, 3.8) is 0 Å². The molecule has 1 N–H and O–H groups in total. The highest BCUT2D eigenvalue weighted by atomic mass is 79.9. The van der Waals surface area contributed by atoms with Crippen molar-refractivity contribution in [2.75, 3.05) is 23.7 Å². The van der Waals surface area contributed by atoms with Crippen LogP contribution < -0.4 is 10.3 Å². The van der Waals surface area contributed by atoms with Crippen LogP contribution in [0.1, 0.15) is 25.0 Å². The number of nitrogens with zero attached hydrogens (tertiary/aromatic N) is 2. The minimum atomic E-state index is -0.0963. The van der Waals surface area contributed by atoms with Crippen molar-refractivity contribution >= 4 is 45.5 Å². The van der Waals surface area contributed by atoms with Gasteiger partial charge in [-0.15, -0.1) is 11.8 Å². The zero-order valence-electron chi connectivity index (χ0n) is 15.1. The van der Waals surface area contributed by atoms with Gasteiger partial charge >= 0.3 is 0 Å². The van der Waals surface area contributed by atoms with E-state index in [1.807, 2.05) is 24.3 Å². The number of carbonyl (C=O) groups excluding carboxylic acids is 1. The van der Waals surface area contributed by atoms with Crippen molar-refractivity contribution in [3.05, 3.63) is 64.1 Å². The fraction of sp³-hybridized carbons (Fsp3) is 0.300. The van der Waals surface area contributed by atoms with E-state index in [0.29, 0.717) is 5.75 Å². The van der Waals surface area contributed by atoms with Gasteiger partial charge in [0.1, 0.15) is 0 Å². The molecule has 0 aliphatic rings. The Labute approximate surface area is 168 Å². The van der Waals surface area contributed by atoms with Crippen molar-refractivity contribution in [3.8, 4) is 0 Å². The molecule has 0 atom stereocenters. The molecule has 0 spiro atoms. The monoisotopic (exact) mass is 433 g/mol. The fourth-order valence-electron chi connectivity index (χ4n) is 2.46. The maximum atomic E-state index is 11.8. The van der Waals surface area contributed by atoms with Crippen LogP contribution >= 0.6 is 27.7 Å². The number of hydrogen-bond acceptors (Lipinski definition) is 4. The average molecular weight is 434 g/mol. The molecule has 0 aliphatic heterocycles. The van der Waals surface area contributed by atoms with E-state index in [9.17, 15) is 4.79 Å². The first-order chi connectivity index (χ1) is 12.6. The van der Waals surface area contributed by atoms with Crippen LogP contribution in [-0.4, -0.2) is 31.0 Å². The number of nitrogens with one attached hydrogen (secondary N) is 1. The molecule has 2 aromatic carbocycles. The van der Waals surface area contributed by atoms with Crippen LogP contribution in [-0.2, 0) is 10.5 Å². The highest BCUT2D eigenvalue weighted by molar-refractivity contribution is 9.10. The van der Waals surface area contributed by atoms with E-state index in [1.54, 1.807) is 18.0 Å². The number of anilines is 1. The van der Waals surface area contributed by atoms with Gasteiger partial charge < -0.3 is 4.90 Å². The number of thioether (sulfide) groups is 1. The summed E-state index contributed by atoms with van der Waals surface area (Å²) in [4.78, 5) is 14.1. The van der Waals surface area contributed by atoms with Crippen LogP contribution in [0.2, 0.25) is 0 Å². The Bertz CT molecular complexity index is 730. The van der Waals surface area contributed by atoms with E-state index in [2.05, 4.69) is 69.5 Å². The van der Waals surface area contributed by atoms with E-state index in [4.69, 9.17) is 0 Å². The highest BCUT2D eigenvalue weighted by Gasteiger charge is 2.02. The molecule has 0 fully saturated rings. The number of carbonyl (C=O) groups is 1. The average Bonchev–Trinajstić information content (AvgIpc) is 2.64. The molecule has 0 unspecified atom stereocenters. The predicted molar refractivity (Wildman–Crippen MR) is 116 cm³/mol. The lowest BCUT2D eigenvalue weighted by Gasteiger charge is -2.20. The number of halogens is 1. The summed E-state index contributed by atoms with van der Waals surface area (Å²) < 4.78 is 1.05. The first kappa shape index (κ1) is 20.5. The first-order valence-electron chi connectivity index (χ1n) is 8.61. The van der Waals surface area contributed by atoms with Crippen LogP contribution in [0.25, 0.3) is 0 Å². The molecule has 0 saturated carbocycles. The van der Waals surface area contributed by atoms with Crippen LogP contribution in [0.3, 0.4) is 0 Å². The maximum absolute atomic E-state index is 11.8. The molecule has 1 amide bonds. The van der Waals surface area contributed by atoms with Crippen LogP contribution in [0, 0.1) is 0 Å². The first-order valence-corrected chi connectivity index (χ1v) is 10.6. The number of rotatable bonds is 9. The molecule has 138 valence electrons. The molecule has 4 nitrogen and oxygen atoms in total. The summed E-state index contributed by atoms with van der Waals surface area (Å²) in [5.41, 5.74) is 5.92. The molecule has 2 aromatic rings. The van der Waals surface area contributed by atoms with Crippen molar-refractivity contribution in [2.45, 2.75) is 19.6 Å². The molecule has 26 heavy (non-hydrogen) atoms. The van der Waals surface area contributed by atoms with Gasteiger partial charge in [0.15, 0.2) is 0 Å². The third-order valence-corrected chi connectivity index (χ3v) is 5.31. The Morgan fingerprint density at radius 3 is 2.58 bits per heavy atom. The Kier molecular flexibility index (Phi) is 8.71. The van der Waals surface area contributed by atoms with Crippen LogP contribution in [0.5, 0.6) is 0 Å². The fourth-order valence-corrected chi connectivity index (χ4v) is 3.67. The molecule has 6 heteroatoms. The highest BCUT2D eigenvalue weighted by Crippen LogP contribution is 2.17. The molecular formula is C20H24BrN3OS. The van der Waals surface area contributed by atoms with Gasteiger partial charge in [0.2, 0.25) is 5.91 Å². The summed E-state index contributed by atoms with van der Waals surface area (Å²) in [5, 5.41) is 4.04. The minimum Gasteiger partial charge on any atom is -0.372 e. The third kappa shape index (κ3) is 6.84. The van der Waals surface area contributed by atoms with E-state index < -0.39 is 0 Å². The smallest absolute Gasteiger partial charge is 0.250 e. The van der Waals surface area contributed by atoms with Crippen LogP contribution in [0.15, 0.2) is 58.1 Å². The number of hydrazone groups is 1. The van der Waals surface area contributed by atoms with Crippen molar-refractivity contribution < 1.29 is 4.79 Å². The van der Waals surface area contributed by atoms with Gasteiger partial charge in [0.05, 0.1) is 12.0 Å². The van der Waals surface area contributed by atoms with Gasteiger partial charge in [-0.05, 0) is 49.2 Å². The molecular weight excluding hydrogens is 410 g/mol. The zero-order chi connectivity index (χ0) is 18.8. The second kappa shape index (κ2) is 11.0. The van der Waals surface area contributed by atoms with Gasteiger partial charge in [-0.3, -0.25) is 4.79 Å². The molecule has 0 bridgehead atoms. The quantitative estimate of drug-likeness (QED) is 0.461. The van der Waals surface area contributed by atoms with E-state index in [1.165, 1.54) is 11.3 Å². The van der Waals surface area contributed by atoms with E-state index >= 15 is 0 Å². The Balaban J connectivity index is 1.74. The summed E-state index contributed by atoms with van der Waals surface area (Å²) in [5.74, 6) is 1.08. The predicted octanol–water partition coefficient (Wildman–Crippen LogP) is 4.68. The molecule has 0 aliphatic carbocycles. The number of amides is 1. The number of benzene rings is 2. The molecule has 0 heterocycles. The summed E-state index contributed by atoms with van der Waals surface area (Å²) in [7, 11) is 0. The standard InChI is InChI=1S/C20H24BrN3OS/c1-3-24(4-2)19-10-8-16(9-11-19)13-22-23-20(25)15-26-14-17-6-5-7-18(21)12-17/h5-13H,3-4,14-15H2,1-2H3,(H,23,25)/b22-13-. The zero-order valence-corrected chi connectivity index (χ0v) is 17.5. The van der Waals surface area contributed by atoms with Gasteiger partial charge in [-0.1, -0.05) is 40.2 Å². The van der Waals surface area contributed by atoms with Crippen molar-refractivity contribution in [1.82, 2.24) is 5.43 Å². The summed E-state index contributed by atoms with van der Waals surface area (Å²) in [6.45, 7) is 6.25. The topological polar surface area (TPSA) is 44.7 Å². The van der Waals surface area contributed by atoms with Gasteiger partial charge in [-0.2, -0.15) is 5.10 Å². The third-order valence-electron chi connectivity index (χ3n) is 3.82. The summed E-state index contributed by atoms with van der Waals surface area (Å²) in [6.07, 6.45) is 1.67. The van der Waals surface area contributed by atoms with E-state index in [0.717, 1.165) is 28.9 Å². The van der Waals surface area contributed by atoms with Gasteiger partial charge in [0, 0.05) is 29.0 Å². The summed E-state index contributed by atoms with van der Waals surface area (Å²) in [6, 6.07) is 16.3. The van der Waals surface area contributed by atoms with Gasteiger partial charge in [-0.25, -0.2) is 5.43 Å². The maximum Gasteiger partial charge on any atom is 0.250 e. The molecule has 0 aromatic heterocycles. The lowest BCUT2D eigenvalue weighted by molar-refractivity contribution is -0.118. The van der Waals surface area contributed by atoms with Crippen molar-refractivity contribution in [2.24, 2.45) is 5.10 Å². The van der Waals surface area contributed by atoms with Crippen LogP contribution in [0.4, 0.5) is 5.69 Å². The molecule has 0 saturated heterocycles. The largest absolute Gasteiger partial charge is 0.372 e. The minimum absolute atomic E-state index is 0.0963. The summed E-state index contributed by atoms with van der Waals surface area (Å²) >= 11 is 5.02. The lowest BCUT2D eigenvalue weighted by Crippen LogP contribution is -2.21. The van der Waals surface area contributed by atoms with E-state index in [-0.39, 0.29) is 5.91 Å². The molecule has 0 radical (unpaired) electrons. The Hall–Kier alpha value is -1.79. The molecule has 2 rings (SSSR count). The normalized spacial score (nSPS) is 10.9. The van der Waals surface area contributed by atoms with Gasteiger partial charge in [0.25, 0.3) is 0 Å². The SMILES string of the molecule is CCN(CC)c1ccc(/C=N\NC(=O)CSCc2cccc(Br)c2)cc1. The number of hydrogen-bond donors (Lipinski definition) is 1. The van der Waals surface area contributed by atoms with Crippen molar-refractivity contribution in [1.29, 1.82) is 0 Å².